The average Bonchev–Trinajstić information content (AvgIpc) is 3.71. The number of amides is 1. The molecule has 0 rings (SSSR count). The van der Waals surface area contributed by atoms with E-state index in [-0.39, 0.29) is 19.1 Å². The van der Waals surface area contributed by atoms with Gasteiger partial charge in [0.25, 0.3) is 0 Å². The van der Waals surface area contributed by atoms with Crippen molar-refractivity contribution < 1.29 is 32.9 Å². The number of phosphoric ester groups is 1. The molecule has 1 amide bonds. The van der Waals surface area contributed by atoms with Crippen LogP contribution in [0.2, 0.25) is 0 Å². The van der Waals surface area contributed by atoms with Gasteiger partial charge in [-0.2, -0.15) is 0 Å². The van der Waals surface area contributed by atoms with Crippen molar-refractivity contribution in [3.05, 3.63) is 134 Å². The molecule has 87 heavy (non-hydrogen) atoms. The predicted molar refractivity (Wildman–Crippen MR) is 382 cm³/mol. The molecule has 0 saturated carbocycles. The van der Waals surface area contributed by atoms with Crippen LogP contribution in [-0.4, -0.2) is 73.4 Å². The van der Waals surface area contributed by atoms with Gasteiger partial charge in [-0.25, -0.2) is 4.57 Å². The van der Waals surface area contributed by atoms with Crippen LogP contribution in [0.15, 0.2) is 134 Å². The topological polar surface area (TPSA) is 105 Å². The van der Waals surface area contributed by atoms with E-state index in [2.05, 4.69) is 141 Å². The Morgan fingerprint density at radius 3 is 1.06 bits per heavy atom. The maximum Gasteiger partial charge on any atom is 0.472 e. The maximum atomic E-state index is 13.1. The predicted octanol–water partition coefficient (Wildman–Crippen LogP) is 23.4. The lowest BCUT2D eigenvalue weighted by Gasteiger charge is -2.25. The number of phosphoric acid groups is 1. The van der Waals surface area contributed by atoms with Crippen molar-refractivity contribution >= 4 is 13.7 Å². The smallest absolute Gasteiger partial charge is 0.387 e. The molecule has 3 unspecified atom stereocenters. The highest BCUT2D eigenvalue weighted by atomic mass is 31.2. The molecule has 0 heterocycles. The molecule has 9 heteroatoms. The van der Waals surface area contributed by atoms with Crippen molar-refractivity contribution in [1.29, 1.82) is 0 Å². The zero-order valence-corrected chi connectivity index (χ0v) is 58.1. The van der Waals surface area contributed by atoms with E-state index >= 15 is 0 Å². The molecule has 0 aliphatic rings. The van der Waals surface area contributed by atoms with E-state index in [0.717, 1.165) is 109 Å². The molecule has 0 aromatic rings. The number of hydrogen-bond donors (Lipinski definition) is 3. The summed E-state index contributed by atoms with van der Waals surface area (Å²) in [5.41, 5.74) is 0. The van der Waals surface area contributed by atoms with Crippen LogP contribution in [0, 0.1) is 0 Å². The normalized spacial score (nSPS) is 14.4. The highest BCUT2D eigenvalue weighted by molar-refractivity contribution is 7.47. The van der Waals surface area contributed by atoms with Gasteiger partial charge in [0.1, 0.15) is 13.2 Å². The molecule has 0 aromatic heterocycles. The van der Waals surface area contributed by atoms with Gasteiger partial charge in [-0.05, 0) is 109 Å². The van der Waals surface area contributed by atoms with Gasteiger partial charge >= 0.3 is 7.82 Å². The number of hydrogen-bond acceptors (Lipinski definition) is 5. The second-order valence-electron chi connectivity index (χ2n) is 25.2. The van der Waals surface area contributed by atoms with Crippen LogP contribution in [0.3, 0.4) is 0 Å². The van der Waals surface area contributed by atoms with Crippen molar-refractivity contribution in [2.45, 2.75) is 315 Å². The summed E-state index contributed by atoms with van der Waals surface area (Å²) in [5.74, 6) is -0.203. The second-order valence-corrected chi connectivity index (χ2v) is 26.7. The zero-order chi connectivity index (χ0) is 63.4. The number of aliphatic hydroxyl groups excluding tert-OH is 1. The maximum absolute atomic E-state index is 13.1. The number of carbonyl (C=O) groups is 1. The van der Waals surface area contributed by atoms with Gasteiger partial charge in [0.15, 0.2) is 0 Å². The Balaban J connectivity index is 4.19. The molecule has 500 valence electrons. The molecule has 0 radical (unpaired) electrons. The van der Waals surface area contributed by atoms with Gasteiger partial charge in [0.2, 0.25) is 5.91 Å². The van der Waals surface area contributed by atoms with Crippen LogP contribution < -0.4 is 5.32 Å². The van der Waals surface area contributed by atoms with Gasteiger partial charge in [-0.15, -0.1) is 0 Å². The number of likely N-dealkylation sites (N-methyl/N-ethyl adjacent to an activating group) is 1. The summed E-state index contributed by atoms with van der Waals surface area (Å²) in [7, 11) is 1.53. The third-order valence-corrected chi connectivity index (χ3v) is 16.6. The molecule has 3 N–H and O–H groups in total. The highest BCUT2D eigenvalue weighted by Crippen LogP contribution is 2.43. The fourth-order valence-corrected chi connectivity index (χ4v) is 10.8. The van der Waals surface area contributed by atoms with E-state index in [1.165, 1.54) is 173 Å². The molecule has 8 nitrogen and oxygen atoms in total. The molecular formula is C78H138N2O6P+. The molecule has 0 aromatic carbocycles. The zero-order valence-electron chi connectivity index (χ0n) is 57.2. The number of aliphatic hydroxyl groups is 1. The summed E-state index contributed by atoms with van der Waals surface area (Å²) >= 11 is 0. The van der Waals surface area contributed by atoms with E-state index < -0.39 is 20.0 Å². The summed E-state index contributed by atoms with van der Waals surface area (Å²) in [4.78, 5) is 23.4. The lowest BCUT2D eigenvalue weighted by Crippen LogP contribution is -2.45. The first kappa shape index (κ1) is 83.6. The third kappa shape index (κ3) is 70.0. The Morgan fingerprint density at radius 2 is 0.701 bits per heavy atom. The van der Waals surface area contributed by atoms with Crippen molar-refractivity contribution in [3.8, 4) is 0 Å². The minimum atomic E-state index is -4.38. The molecule has 0 spiro atoms. The second kappa shape index (κ2) is 67.0. The van der Waals surface area contributed by atoms with E-state index in [9.17, 15) is 19.4 Å². The minimum Gasteiger partial charge on any atom is -0.387 e. The fourth-order valence-electron chi connectivity index (χ4n) is 10.0. The molecule has 0 aliphatic carbocycles. The van der Waals surface area contributed by atoms with Crippen LogP contribution in [0.4, 0.5) is 0 Å². The first-order valence-corrected chi connectivity index (χ1v) is 37.6. The number of nitrogens with one attached hydrogen (secondary N) is 1. The molecule has 0 bridgehead atoms. The molecule has 0 saturated heterocycles. The quantitative estimate of drug-likeness (QED) is 0.0243. The largest absolute Gasteiger partial charge is 0.472 e. The lowest BCUT2D eigenvalue weighted by molar-refractivity contribution is -0.870. The van der Waals surface area contributed by atoms with E-state index in [0.29, 0.717) is 17.4 Å². The SMILES string of the molecule is CC/C=C\C/C=C\C/C=C\C/C=C\C/C=C\C/C=C\C/C=C\C/C=C\CCCCCCCCCCC(=O)NC(COP(=O)(O)OCC[N+](C)(C)C)C(O)/C=C/CC/C=C/CC/C=C/CCCCCCCCCCCCCCCCCCCCCCCC. The Hall–Kier alpha value is -3.36. The third-order valence-electron chi connectivity index (χ3n) is 15.6. The summed E-state index contributed by atoms with van der Waals surface area (Å²) < 4.78 is 23.8. The van der Waals surface area contributed by atoms with Crippen molar-refractivity contribution in [3.63, 3.8) is 0 Å². The molecular weight excluding hydrogens is 1090 g/mol. The summed E-state index contributed by atoms with van der Waals surface area (Å²) in [6, 6.07) is -0.887. The number of quaternary nitrogens is 1. The van der Waals surface area contributed by atoms with Crippen molar-refractivity contribution in [2.24, 2.45) is 0 Å². The number of nitrogens with zero attached hydrogens (tertiary/aromatic N) is 1. The highest BCUT2D eigenvalue weighted by Gasteiger charge is 2.28. The van der Waals surface area contributed by atoms with Crippen LogP contribution in [-0.2, 0) is 18.4 Å². The van der Waals surface area contributed by atoms with Crippen molar-refractivity contribution in [1.82, 2.24) is 5.32 Å². The monoisotopic (exact) mass is 1230 g/mol. The van der Waals surface area contributed by atoms with E-state index in [4.69, 9.17) is 9.05 Å². The molecule has 3 atom stereocenters. The number of allylic oxidation sites excluding steroid dienone is 21. The van der Waals surface area contributed by atoms with Crippen molar-refractivity contribution in [2.75, 3.05) is 40.9 Å². The number of unbranched alkanes of at least 4 members (excludes halogenated alkanes) is 32. The Kier molecular flexibility index (Phi) is 64.5. The van der Waals surface area contributed by atoms with Gasteiger partial charge < -0.3 is 19.8 Å². The first-order valence-electron chi connectivity index (χ1n) is 36.1. The lowest BCUT2D eigenvalue weighted by atomic mass is 10.0. The summed E-state index contributed by atoms with van der Waals surface area (Å²) in [6.45, 7) is 4.68. The minimum absolute atomic E-state index is 0.0450. The number of rotatable bonds is 65. The Morgan fingerprint density at radius 1 is 0.402 bits per heavy atom. The summed E-state index contributed by atoms with van der Waals surface area (Å²) in [5, 5.41) is 14.0. The average molecular weight is 1230 g/mol. The fraction of sp³-hybridized carbons (Fsp3) is 0.705. The van der Waals surface area contributed by atoms with Gasteiger partial charge in [-0.1, -0.05) is 321 Å². The van der Waals surface area contributed by atoms with E-state index in [1.807, 2.05) is 27.2 Å². The molecule has 0 fully saturated rings. The van der Waals surface area contributed by atoms with Crippen LogP contribution in [0.25, 0.3) is 0 Å². The first-order chi connectivity index (χ1) is 42.5. The standard InChI is InChI=1S/C78H137N2O6P/c1-6-8-10-12-14-16-18-20-22-24-26-28-30-32-34-36-38-40-42-44-46-48-50-52-54-56-58-60-62-64-66-68-70-72-78(82)79-76(75-86-87(83,84)85-74-73-80(3,4)5)77(81)71-69-67-65-63-61-59-57-55-53-51-49-47-45-43-41-39-37-35-33-31-29-27-25-23-21-19-17-15-13-11-9-7-2/h8,10,14,16,20,22,26,28,32,34,38,40,44,46,50,52-53,55,61,63,69,71,76-77,81H,6-7,9,11-13,15,17-19,21,23-25,27,29-31,33,35-37,39,41-43,45,47-49,51,54,56-60,62,64-68,70,72-75H2,1-5H3,(H-,79,82,83,84)/p+1/b10-8-,16-14-,22-20-,28-26-,34-32-,40-38-,46-44-,52-50-,55-53+,63-61+,71-69+. The molecule has 0 aliphatic heterocycles. The van der Waals surface area contributed by atoms with Gasteiger partial charge in [0.05, 0.1) is 39.9 Å². The Labute approximate surface area is 538 Å². The van der Waals surface area contributed by atoms with Gasteiger partial charge in [-0.3, -0.25) is 13.8 Å². The van der Waals surface area contributed by atoms with Crippen LogP contribution in [0.5, 0.6) is 0 Å². The van der Waals surface area contributed by atoms with Crippen LogP contribution in [0.1, 0.15) is 303 Å². The Bertz CT molecular complexity index is 1880. The summed E-state index contributed by atoms with van der Waals surface area (Å²) in [6.07, 6.45) is 102. The van der Waals surface area contributed by atoms with Crippen LogP contribution >= 0.6 is 7.82 Å². The number of carbonyl (C=O) groups excluding carboxylic acids is 1. The van der Waals surface area contributed by atoms with Gasteiger partial charge in [0, 0.05) is 6.42 Å². The van der Waals surface area contributed by atoms with E-state index in [1.54, 1.807) is 6.08 Å².